The van der Waals surface area contributed by atoms with E-state index in [0.29, 0.717) is 0 Å². The molecule has 0 bridgehead atoms. The molecule has 0 saturated heterocycles. The van der Waals surface area contributed by atoms with Gasteiger partial charge in [-0.05, 0) is 84.0 Å². The Labute approximate surface area is 334 Å². The van der Waals surface area contributed by atoms with Crippen molar-refractivity contribution >= 4 is 44.3 Å². The molecular formula is C53H68N2. The van der Waals surface area contributed by atoms with Crippen molar-refractivity contribution in [3.8, 4) is 0 Å². The molecule has 0 heterocycles. The molecule has 0 radical (unpaired) electrons. The number of hydrogen-bond acceptors (Lipinski definition) is 2. The molecule has 290 valence electrons. The molecule has 2 N–H and O–H groups in total. The van der Waals surface area contributed by atoms with Crippen LogP contribution in [0.3, 0.4) is 0 Å². The van der Waals surface area contributed by atoms with E-state index in [4.69, 9.17) is 0 Å². The molecule has 6 rings (SSSR count). The summed E-state index contributed by atoms with van der Waals surface area (Å²) in [6, 6.07) is 47.8. The molecule has 0 aliphatic heterocycles. The van der Waals surface area contributed by atoms with Gasteiger partial charge in [-0.25, -0.2) is 0 Å². The number of fused-ring (bicyclic) bond motifs is 2. The van der Waals surface area contributed by atoms with Crippen LogP contribution in [0.4, 0.5) is 22.7 Å². The first kappa shape index (κ1) is 41.6. The van der Waals surface area contributed by atoms with Crippen LogP contribution in [-0.4, -0.2) is 0 Å². The van der Waals surface area contributed by atoms with Crippen LogP contribution < -0.4 is 10.6 Å². The Morgan fingerprint density at radius 2 is 0.636 bits per heavy atom. The Balaban J connectivity index is 0.000000212. The summed E-state index contributed by atoms with van der Waals surface area (Å²) in [6.45, 7) is 4.56. The molecule has 2 nitrogen and oxygen atoms in total. The van der Waals surface area contributed by atoms with Gasteiger partial charge < -0.3 is 10.6 Å². The highest BCUT2D eigenvalue weighted by Gasteiger charge is 2.03. The highest BCUT2D eigenvalue weighted by molar-refractivity contribution is 5.96. The number of aryl methyl sites for hydroxylation is 2. The van der Waals surface area contributed by atoms with Crippen molar-refractivity contribution in [2.45, 2.75) is 136 Å². The lowest BCUT2D eigenvalue weighted by Gasteiger charge is -2.10. The fourth-order valence-electron chi connectivity index (χ4n) is 7.59. The number of unbranched alkanes of at least 4 members (excludes halogenated alkanes) is 15. The maximum absolute atomic E-state index is 3.58. The Hall–Kier alpha value is -4.56. The number of hydrogen-bond donors (Lipinski definition) is 2. The average molecular weight is 733 g/mol. The Bertz CT molecular complexity index is 1900. The van der Waals surface area contributed by atoms with Crippen molar-refractivity contribution in [1.82, 2.24) is 0 Å². The summed E-state index contributed by atoms with van der Waals surface area (Å²) in [7, 11) is 0. The standard InChI is InChI=1S/C28H37N.C25H31N/c1-2-3-4-5-6-7-8-9-10-11-15-24-20-22-26(23-21-24)29-28-19-14-17-25-16-12-13-18-27(25)28;1-2-3-4-5-6-7-8-12-21-17-19-23(20-18-21)26-25-16-11-14-22-13-9-10-15-24(22)25/h12-14,16-23,29H,2-11,15H2,1H3;9-11,13-20,26H,2-8,12H2,1H3. The number of benzene rings is 6. The van der Waals surface area contributed by atoms with Gasteiger partial charge in [0, 0.05) is 33.5 Å². The molecule has 0 unspecified atom stereocenters. The Morgan fingerprint density at radius 3 is 1.02 bits per heavy atom. The van der Waals surface area contributed by atoms with E-state index >= 15 is 0 Å². The van der Waals surface area contributed by atoms with E-state index in [1.54, 1.807) is 0 Å². The van der Waals surface area contributed by atoms with Gasteiger partial charge in [-0.3, -0.25) is 0 Å². The second kappa shape index (κ2) is 24.8. The van der Waals surface area contributed by atoms with Gasteiger partial charge in [0.25, 0.3) is 0 Å². The number of rotatable bonds is 23. The lowest BCUT2D eigenvalue weighted by atomic mass is 10.0. The molecule has 6 aromatic rings. The van der Waals surface area contributed by atoms with Crippen LogP contribution in [0, 0.1) is 0 Å². The molecule has 0 aliphatic rings. The zero-order chi connectivity index (χ0) is 38.2. The minimum Gasteiger partial charge on any atom is -0.355 e. The number of nitrogens with one attached hydrogen (secondary N) is 2. The number of anilines is 4. The second-order valence-corrected chi connectivity index (χ2v) is 15.5. The van der Waals surface area contributed by atoms with Crippen LogP contribution in [0.15, 0.2) is 133 Å². The predicted octanol–water partition coefficient (Wildman–Crippen LogP) is 16.9. The Morgan fingerprint density at radius 1 is 0.309 bits per heavy atom. The van der Waals surface area contributed by atoms with Gasteiger partial charge in [0.2, 0.25) is 0 Å². The second-order valence-electron chi connectivity index (χ2n) is 15.5. The van der Waals surface area contributed by atoms with Crippen molar-refractivity contribution in [1.29, 1.82) is 0 Å². The van der Waals surface area contributed by atoms with Gasteiger partial charge in [-0.15, -0.1) is 0 Å². The summed E-state index contributed by atoms with van der Waals surface area (Å²) in [5, 5.41) is 12.2. The quantitative estimate of drug-likeness (QED) is 0.0641. The molecule has 55 heavy (non-hydrogen) atoms. The van der Waals surface area contributed by atoms with E-state index in [-0.39, 0.29) is 0 Å². The van der Waals surface area contributed by atoms with Crippen molar-refractivity contribution < 1.29 is 0 Å². The fourth-order valence-corrected chi connectivity index (χ4v) is 7.59. The smallest absolute Gasteiger partial charge is 0.0463 e. The summed E-state index contributed by atoms with van der Waals surface area (Å²) in [6.07, 6.45) is 26.0. The summed E-state index contributed by atoms with van der Waals surface area (Å²) in [5.41, 5.74) is 7.56. The molecule has 0 aromatic heterocycles. The minimum absolute atomic E-state index is 1.16. The SMILES string of the molecule is CCCCCCCCCCCCc1ccc(Nc2cccc3ccccc23)cc1.CCCCCCCCCc1ccc(Nc2cccc3ccccc23)cc1. The first-order valence-electron chi connectivity index (χ1n) is 21.9. The monoisotopic (exact) mass is 733 g/mol. The van der Waals surface area contributed by atoms with E-state index < -0.39 is 0 Å². The highest BCUT2D eigenvalue weighted by Crippen LogP contribution is 2.28. The molecule has 0 spiro atoms. The summed E-state index contributed by atoms with van der Waals surface area (Å²) in [5.74, 6) is 0. The third-order valence-electron chi connectivity index (χ3n) is 10.9. The van der Waals surface area contributed by atoms with E-state index in [1.807, 2.05) is 0 Å². The van der Waals surface area contributed by atoms with Crippen LogP contribution in [0.1, 0.15) is 134 Å². The molecule has 0 fully saturated rings. The van der Waals surface area contributed by atoms with Crippen LogP contribution in [-0.2, 0) is 12.8 Å². The van der Waals surface area contributed by atoms with Crippen molar-refractivity contribution in [3.05, 3.63) is 145 Å². The van der Waals surface area contributed by atoms with Gasteiger partial charge in [0.15, 0.2) is 0 Å². The Kier molecular flexibility index (Phi) is 18.7. The van der Waals surface area contributed by atoms with Crippen LogP contribution in [0.5, 0.6) is 0 Å². The summed E-state index contributed by atoms with van der Waals surface area (Å²) >= 11 is 0. The van der Waals surface area contributed by atoms with Gasteiger partial charge in [-0.1, -0.05) is 207 Å². The summed E-state index contributed by atoms with van der Waals surface area (Å²) < 4.78 is 0. The summed E-state index contributed by atoms with van der Waals surface area (Å²) in [4.78, 5) is 0. The normalized spacial score (nSPS) is 11.0. The maximum atomic E-state index is 3.58. The van der Waals surface area contributed by atoms with Crippen LogP contribution in [0.2, 0.25) is 0 Å². The molecule has 0 saturated carbocycles. The van der Waals surface area contributed by atoms with Crippen LogP contribution in [0.25, 0.3) is 21.5 Å². The van der Waals surface area contributed by atoms with E-state index in [9.17, 15) is 0 Å². The fraction of sp³-hybridized carbons (Fsp3) is 0.396. The molecule has 0 aliphatic carbocycles. The molecular weight excluding hydrogens is 665 g/mol. The molecule has 2 heteroatoms. The first-order chi connectivity index (χ1) is 27.2. The van der Waals surface area contributed by atoms with Gasteiger partial charge in [0.05, 0.1) is 0 Å². The first-order valence-corrected chi connectivity index (χ1v) is 21.9. The van der Waals surface area contributed by atoms with Gasteiger partial charge >= 0.3 is 0 Å². The lowest BCUT2D eigenvalue weighted by molar-refractivity contribution is 0.556. The van der Waals surface area contributed by atoms with E-state index in [0.717, 1.165) is 11.4 Å². The van der Waals surface area contributed by atoms with Crippen LogP contribution >= 0.6 is 0 Å². The average Bonchev–Trinajstić information content (AvgIpc) is 3.23. The molecule has 0 atom stereocenters. The van der Waals surface area contributed by atoms with Crippen molar-refractivity contribution in [2.24, 2.45) is 0 Å². The lowest BCUT2D eigenvalue weighted by Crippen LogP contribution is -1.92. The third-order valence-corrected chi connectivity index (χ3v) is 10.9. The molecule has 0 amide bonds. The highest BCUT2D eigenvalue weighted by atomic mass is 14.9. The zero-order valence-electron chi connectivity index (χ0n) is 34.1. The minimum atomic E-state index is 1.16. The van der Waals surface area contributed by atoms with Crippen molar-refractivity contribution in [3.63, 3.8) is 0 Å². The largest absolute Gasteiger partial charge is 0.355 e. The van der Waals surface area contributed by atoms with E-state index in [1.165, 1.54) is 166 Å². The van der Waals surface area contributed by atoms with E-state index in [2.05, 4.69) is 158 Å². The topological polar surface area (TPSA) is 24.1 Å². The van der Waals surface area contributed by atoms with Gasteiger partial charge in [-0.2, -0.15) is 0 Å². The van der Waals surface area contributed by atoms with Gasteiger partial charge in [0.1, 0.15) is 0 Å². The maximum Gasteiger partial charge on any atom is 0.0463 e. The zero-order valence-corrected chi connectivity index (χ0v) is 34.1. The third kappa shape index (κ3) is 14.9. The van der Waals surface area contributed by atoms with Crippen molar-refractivity contribution in [2.75, 3.05) is 10.6 Å². The predicted molar refractivity (Wildman–Crippen MR) is 245 cm³/mol. The molecule has 6 aromatic carbocycles.